The highest BCUT2D eigenvalue weighted by molar-refractivity contribution is 6.20. The molecule has 9 rings (SSSR count). The van der Waals surface area contributed by atoms with Gasteiger partial charge in [-0.05, 0) is 102 Å². The van der Waals surface area contributed by atoms with Gasteiger partial charge in [0.25, 0.3) is 0 Å². The third-order valence-corrected chi connectivity index (χ3v) is 9.44. The Labute approximate surface area is 274 Å². The molecule has 0 atom stereocenters. The first-order chi connectivity index (χ1) is 23.3. The smallest absolute Gasteiger partial charge is 0.0462 e. The summed E-state index contributed by atoms with van der Waals surface area (Å²) in [6.45, 7) is 0. The van der Waals surface area contributed by atoms with Gasteiger partial charge in [-0.3, -0.25) is 0 Å². The molecule has 0 unspecified atom stereocenters. The van der Waals surface area contributed by atoms with Crippen LogP contribution in [0.2, 0.25) is 0 Å². The van der Waals surface area contributed by atoms with Crippen LogP contribution < -0.4 is 4.90 Å². The second-order valence-electron chi connectivity index (χ2n) is 12.1. The molecule has 0 amide bonds. The van der Waals surface area contributed by atoms with Gasteiger partial charge in [0.05, 0.1) is 0 Å². The predicted octanol–water partition coefficient (Wildman–Crippen LogP) is 13.1. The molecular weight excluding hydrogens is 567 g/mol. The Bertz CT molecular complexity index is 2540. The van der Waals surface area contributed by atoms with Crippen LogP contribution in [0.1, 0.15) is 0 Å². The molecule has 0 aliphatic carbocycles. The number of benzene rings is 9. The average Bonchev–Trinajstić information content (AvgIpc) is 3.15. The number of rotatable bonds is 5. The molecule has 0 saturated heterocycles. The second-order valence-corrected chi connectivity index (χ2v) is 12.1. The number of fused-ring (bicyclic) bond motifs is 6. The average molecular weight is 598 g/mol. The molecule has 0 spiro atoms. The first-order valence-electron chi connectivity index (χ1n) is 16.2. The maximum Gasteiger partial charge on any atom is 0.0462 e. The van der Waals surface area contributed by atoms with Crippen LogP contribution in [-0.2, 0) is 0 Å². The zero-order chi connectivity index (χ0) is 31.2. The third kappa shape index (κ3) is 4.72. The molecule has 0 aliphatic heterocycles. The molecule has 0 N–H and O–H groups in total. The summed E-state index contributed by atoms with van der Waals surface area (Å²) in [4.78, 5) is 2.33. The molecule has 0 radical (unpaired) electrons. The Morgan fingerprint density at radius 1 is 0.255 bits per heavy atom. The summed E-state index contributed by atoms with van der Waals surface area (Å²) in [5.41, 5.74) is 8.29. The van der Waals surface area contributed by atoms with Crippen molar-refractivity contribution in [3.8, 4) is 22.3 Å². The molecule has 0 aromatic heterocycles. The highest BCUT2D eigenvalue weighted by atomic mass is 15.1. The Morgan fingerprint density at radius 3 is 1.47 bits per heavy atom. The molecule has 0 bridgehead atoms. The van der Waals surface area contributed by atoms with E-state index < -0.39 is 0 Å². The van der Waals surface area contributed by atoms with E-state index in [9.17, 15) is 0 Å². The summed E-state index contributed by atoms with van der Waals surface area (Å²) < 4.78 is 0. The number of hydrogen-bond donors (Lipinski definition) is 0. The first kappa shape index (κ1) is 27.2. The van der Waals surface area contributed by atoms with E-state index in [1.165, 1.54) is 65.3 Å². The molecule has 1 heteroatoms. The van der Waals surface area contributed by atoms with Gasteiger partial charge in [-0.2, -0.15) is 0 Å². The summed E-state index contributed by atoms with van der Waals surface area (Å²) >= 11 is 0. The van der Waals surface area contributed by atoms with Crippen LogP contribution >= 0.6 is 0 Å². The van der Waals surface area contributed by atoms with Crippen LogP contribution in [0.5, 0.6) is 0 Å². The zero-order valence-corrected chi connectivity index (χ0v) is 25.8. The summed E-state index contributed by atoms with van der Waals surface area (Å²) in [6, 6.07) is 68.1. The minimum Gasteiger partial charge on any atom is -0.311 e. The Balaban J connectivity index is 1.13. The fourth-order valence-electron chi connectivity index (χ4n) is 7.20. The summed E-state index contributed by atoms with van der Waals surface area (Å²) in [7, 11) is 0. The Morgan fingerprint density at radius 2 is 0.745 bits per heavy atom. The standard InChI is InChI=1S/C46H31N/c1-2-14-37(15-3-1)47(38-26-20-34(21-27-38)41-18-8-12-32-10-4-6-16-40(32)41)39-28-22-35(23-29-39)43-19-9-13-36-25-30-44-42-17-7-5-11-33(42)24-31-45(44)46(36)43/h1-31H. The van der Waals surface area contributed by atoms with Gasteiger partial charge in [-0.1, -0.05) is 152 Å². The number of nitrogens with zero attached hydrogens (tertiary/aromatic N) is 1. The number of para-hydroxylation sites is 1. The van der Waals surface area contributed by atoms with Gasteiger partial charge in [0, 0.05) is 17.1 Å². The monoisotopic (exact) mass is 597 g/mol. The lowest BCUT2D eigenvalue weighted by Crippen LogP contribution is -2.09. The Hall–Kier alpha value is -6.18. The van der Waals surface area contributed by atoms with Crippen LogP contribution in [0.3, 0.4) is 0 Å². The molecule has 9 aromatic carbocycles. The fraction of sp³-hybridized carbons (Fsp3) is 0. The van der Waals surface area contributed by atoms with Crippen LogP contribution in [0.4, 0.5) is 17.1 Å². The van der Waals surface area contributed by atoms with Crippen molar-refractivity contribution in [1.29, 1.82) is 0 Å². The van der Waals surface area contributed by atoms with Gasteiger partial charge >= 0.3 is 0 Å². The molecule has 0 heterocycles. The lowest BCUT2D eigenvalue weighted by atomic mass is 9.91. The van der Waals surface area contributed by atoms with Gasteiger partial charge in [0.2, 0.25) is 0 Å². The van der Waals surface area contributed by atoms with E-state index in [1.807, 2.05) is 0 Å². The molecule has 0 saturated carbocycles. The van der Waals surface area contributed by atoms with E-state index in [4.69, 9.17) is 0 Å². The van der Waals surface area contributed by atoms with Crippen LogP contribution in [-0.4, -0.2) is 0 Å². The van der Waals surface area contributed by atoms with Gasteiger partial charge in [0.1, 0.15) is 0 Å². The van der Waals surface area contributed by atoms with Crippen LogP contribution in [0.15, 0.2) is 188 Å². The highest BCUT2D eigenvalue weighted by Crippen LogP contribution is 2.40. The zero-order valence-electron chi connectivity index (χ0n) is 25.8. The lowest BCUT2D eigenvalue weighted by Gasteiger charge is -2.26. The summed E-state index contributed by atoms with van der Waals surface area (Å²) in [6.07, 6.45) is 0. The van der Waals surface area contributed by atoms with Crippen molar-refractivity contribution in [2.45, 2.75) is 0 Å². The van der Waals surface area contributed by atoms with E-state index in [1.54, 1.807) is 0 Å². The normalized spacial score (nSPS) is 11.4. The van der Waals surface area contributed by atoms with Crippen LogP contribution in [0.25, 0.3) is 65.3 Å². The molecule has 9 aromatic rings. The topological polar surface area (TPSA) is 3.24 Å². The van der Waals surface area contributed by atoms with Crippen LogP contribution in [0, 0.1) is 0 Å². The molecule has 1 nitrogen and oxygen atoms in total. The van der Waals surface area contributed by atoms with E-state index in [-0.39, 0.29) is 0 Å². The highest BCUT2D eigenvalue weighted by Gasteiger charge is 2.15. The quantitative estimate of drug-likeness (QED) is 0.178. The van der Waals surface area contributed by atoms with Crippen molar-refractivity contribution in [2.24, 2.45) is 0 Å². The van der Waals surface area contributed by atoms with Gasteiger partial charge in [-0.15, -0.1) is 0 Å². The van der Waals surface area contributed by atoms with Crippen molar-refractivity contribution in [1.82, 2.24) is 0 Å². The SMILES string of the molecule is c1ccc(N(c2ccc(-c3cccc4ccccc34)cc2)c2ccc(-c3cccc4ccc5c6ccccc6ccc5c34)cc2)cc1. The minimum atomic E-state index is 1.12. The molecule has 47 heavy (non-hydrogen) atoms. The van der Waals surface area contributed by atoms with Crippen molar-refractivity contribution in [2.75, 3.05) is 4.90 Å². The number of hydrogen-bond acceptors (Lipinski definition) is 1. The van der Waals surface area contributed by atoms with E-state index in [2.05, 4.69) is 193 Å². The van der Waals surface area contributed by atoms with Gasteiger partial charge < -0.3 is 4.90 Å². The predicted molar refractivity (Wildman–Crippen MR) is 202 cm³/mol. The van der Waals surface area contributed by atoms with Gasteiger partial charge in [0.15, 0.2) is 0 Å². The molecule has 220 valence electrons. The van der Waals surface area contributed by atoms with Crippen molar-refractivity contribution in [3.05, 3.63) is 188 Å². The van der Waals surface area contributed by atoms with E-state index in [0.29, 0.717) is 0 Å². The largest absolute Gasteiger partial charge is 0.311 e. The second kappa shape index (κ2) is 11.3. The first-order valence-corrected chi connectivity index (χ1v) is 16.2. The summed E-state index contributed by atoms with van der Waals surface area (Å²) in [5, 5.41) is 10.2. The third-order valence-electron chi connectivity index (χ3n) is 9.44. The summed E-state index contributed by atoms with van der Waals surface area (Å²) in [5.74, 6) is 0. The maximum absolute atomic E-state index is 2.33. The lowest BCUT2D eigenvalue weighted by molar-refractivity contribution is 1.28. The number of anilines is 3. The van der Waals surface area contributed by atoms with E-state index >= 15 is 0 Å². The van der Waals surface area contributed by atoms with Crippen molar-refractivity contribution in [3.63, 3.8) is 0 Å². The van der Waals surface area contributed by atoms with Crippen molar-refractivity contribution >= 4 is 60.2 Å². The Kier molecular flexibility index (Phi) is 6.54. The molecule has 0 aliphatic rings. The van der Waals surface area contributed by atoms with Gasteiger partial charge in [-0.25, -0.2) is 0 Å². The maximum atomic E-state index is 2.33. The molecular formula is C46H31N. The van der Waals surface area contributed by atoms with Crippen molar-refractivity contribution < 1.29 is 0 Å². The molecule has 0 fully saturated rings. The minimum absolute atomic E-state index is 1.12. The van der Waals surface area contributed by atoms with E-state index in [0.717, 1.165) is 17.1 Å². The fourth-order valence-corrected chi connectivity index (χ4v) is 7.20.